The highest BCUT2D eigenvalue weighted by Gasteiger charge is 2.22. The molecule has 17 heavy (non-hydrogen) atoms. The van der Waals surface area contributed by atoms with Gasteiger partial charge < -0.3 is 20.4 Å². The van der Waals surface area contributed by atoms with E-state index in [2.05, 4.69) is 5.32 Å². The average molecular weight is 236 g/mol. The molecule has 0 aliphatic carbocycles. The van der Waals surface area contributed by atoms with Gasteiger partial charge in [0.15, 0.2) is 0 Å². The number of phenolic OH excluding ortho intramolecular Hbond substituents is 2. The Bertz CT molecular complexity index is 414. The van der Waals surface area contributed by atoms with Crippen molar-refractivity contribution >= 4 is 5.91 Å². The number of rotatable bonds is 1. The van der Waals surface area contributed by atoms with Crippen LogP contribution < -0.4 is 5.32 Å². The summed E-state index contributed by atoms with van der Waals surface area (Å²) in [5.74, 6) is -0.363. The molecule has 0 spiro atoms. The van der Waals surface area contributed by atoms with Gasteiger partial charge in [0.25, 0.3) is 5.91 Å². The number of nitrogens with zero attached hydrogens (tertiary/aromatic N) is 1. The zero-order chi connectivity index (χ0) is 12.4. The molecule has 1 saturated heterocycles. The van der Waals surface area contributed by atoms with Crippen LogP contribution in [0.4, 0.5) is 0 Å². The van der Waals surface area contributed by atoms with Crippen LogP contribution in [0.3, 0.4) is 0 Å². The van der Waals surface area contributed by atoms with E-state index in [1.165, 1.54) is 18.2 Å². The van der Waals surface area contributed by atoms with Crippen molar-refractivity contribution in [3.8, 4) is 11.5 Å². The van der Waals surface area contributed by atoms with Crippen molar-refractivity contribution in [1.29, 1.82) is 0 Å². The maximum absolute atomic E-state index is 12.1. The summed E-state index contributed by atoms with van der Waals surface area (Å²) in [5, 5.41) is 21.9. The van der Waals surface area contributed by atoms with Crippen LogP contribution in [0, 0.1) is 0 Å². The summed E-state index contributed by atoms with van der Waals surface area (Å²) in [7, 11) is 0. The normalized spacial score (nSPS) is 20.3. The first kappa shape index (κ1) is 11.7. The monoisotopic (exact) mass is 236 g/mol. The van der Waals surface area contributed by atoms with Crippen molar-refractivity contribution in [3.05, 3.63) is 23.8 Å². The van der Waals surface area contributed by atoms with Crippen LogP contribution in [0.15, 0.2) is 18.2 Å². The SMILES string of the molecule is C[C@H]1CN(C(=O)c2cc(O)cc(O)c2)CCN1. The lowest BCUT2D eigenvalue weighted by Crippen LogP contribution is -2.51. The highest BCUT2D eigenvalue weighted by atomic mass is 16.3. The molecule has 2 rings (SSSR count). The fraction of sp³-hybridized carbons (Fsp3) is 0.417. The Morgan fingerprint density at radius 1 is 1.35 bits per heavy atom. The molecule has 1 aromatic rings. The van der Waals surface area contributed by atoms with Crippen LogP contribution in [-0.2, 0) is 0 Å². The molecule has 1 heterocycles. The molecule has 3 N–H and O–H groups in total. The van der Waals surface area contributed by atoms with Gasteiger partial charge in [-0.25, -0.2) is 0 Å². The first-order chi connectivity index (χ1) is 8.06. The Morgan fingerprint density at radius 2 is 2.00 bits per heavy atom. The Morgan fingerprint density at radius 3 is 2.59 bits per heavy atom. The second-order valence-corrected chi connectivity index (χ2v) is 4.34. The molecule has 1 aliphatic rings. The van der Waals surface area contributed by atoms with Gasteiger partial charge in [-0.05, 0) is 19.1 Å². The van der Waals surface area contributed by atoms with Crippen LogP contribution in [0.5, 0.6) is 11.5 Å². The van der Waals surface area contributed by atoms with Crippen molar-refractivity contribution < 1.29 is 15.0 Å². The summed E-state index contributed by atoms with van der Waals surface area (Å²) in [6.45, 7) is 4.05. The van der Waals surface area contributed by atoms with E-state index >= 15 is 0 Å². The first-order valence-corrected chi connectivity index (χ1v) is 5.62. The molecule has 1 aromatic carbocycles. The number of hydrogen-bond donors (Lipinski definition) is 3. The zero-order valence-electron chi connectivity index (χ0n) is 9.68. The molecular formula is C12H16N2O3. The summed E-state index contributed by atoms with van der Waals surface area (Å²) in [5.41, 5.74) is 0.316. The molecule has 92 valence electrons. The van der Waals surface area contributed by atoms with Gasteiger partial charge in [0.2, 0.25) is 0 Å². The van der Waals surface area contributed by atoms with Gasteiger partial charge in [-0.3, -0.25) is 4.79 Å². The van der Waals surface area contributed by atoms with E-state index in [1.54, 1.807) is 4.90 Å². The van der Waals surface area contributed by atoms with Crippen molar-refractivity contribution in [2.45, 2.75) is 13.0 Å². The number of carbonyl (C=O) groups is 1. The van der Waals surface area contributed by atoms with E-state index in [4.69, 9.17) is 0 Å². The molecule has 1 fully saturated rings. The molecular weight excluding hydrogens is 220 g/mol. The lowest BCUT2D eigenvalue weighted by Gasteiger charge is -2.32. The van der Waals surface area contributed by atoms with Gasteiger partial charge >= 0.3 is 0 Å². The van der Waals surface area contributed by atoms with Crippen LogP contribution in [-0.4, -0.2) is 46.7 Å². The lowest BCUT2D eigenvalue weighted by atomic mass is 10.1. The number of piperazine rings is 1. The molecule has 5 nitrogen and oxygen atoms in total. The summed E-state index contributed by atoms with van der Waals surface area (Å²) >= 11 is 0. The Kier molecular flexibility index (Phi) is 3.19. The standard InChI is InChI=1S/C12H16N2O3/c1-8-7-14(3-2-13-8)12(17)9-4-10(15)6-11(16)5-9/h4-6,8,13,15-16H,2-3,7H2,1H3/t8-/m0/s1. The van der Waals surface area contributed by atoms with Gasteiger partial charge in [0.05, 0.1) is 0 Å². The minimum Gasteiger partial charge on any atom is -0.508 e. The summed E-state index contributed by atoms with van der Waals surface area (Å²) in [6, 6.07) is 4.21. The zero-order valence-corrected chi connectivity index (χ0v) is 9.68. The van der Waals surface area contributed by atoms with E-state index in [-0.39, 0.29) is 23.4 Å². The molecule has 0 saturated carbocycles. The van der Waals surface area contributed by atoms with Crippen LogP contribution in [0.2, 0.25) is 0 Å². The summed E-state index contributed by atoms with van der Waals surface area (Å²) in [6.07, 6.45) is 0. The summed E-state index contributed by atoms with van der Waals surface area (Å²) in [4.78, 5) is 13.8. The van der Waals surface area contributed by atoms with Crippen molar-refractivity contribution in [1.82, 2.24) is 10.2 Å². The highest BCUT2D eigenvalue weighted by molar-refractivity contribution is 5.95. The number of benzene rings is 1. The van der Waals surface area contributed by atoms with Crippen molar-refractivity contribution in [2.24, 2.45) is 0 Å². The maximum atomic E-state index is 12.1. The quantitative estimate of drug-likeness (QED) is 0.665. The highest BCUT2D eigenvalue weighted by Crippen LogP contribution is 2.21. The van der Waals surface area contributed by atoms with Crippen molar-refractivity contribution in [2.75, 3.05) is 19.6 Å². The summed E-state index contributed by atoms with van der Waals surface area (Å²) < 4.78 is 0. The Hall–Kier alpha value is -1.75. The predicted octanol–water partition coefficient (Wildman–Crippen LogP) is 0.532. The van der Waals surface area contributed by atoms with E-state index < -0.39 is 0 Å². The third-order valence-corrected chi connectivity index (χ3v) is 2.81. The molecule has 1 amide bonds. The van der Waals surface area contributed by atoms with E-state index in [1.807, 2.05) is 6.92 Å². The topological polar surface area (TPSA) is 72.8 Å². The predicted molar refractivity (Wildman–Crippen MR) is 63.1 cm³/mol. The molecule has 1 aliphatic heterocycles. The molecule has 5 heteroatoms. The average Bonchev–Trinajstić information content (AvgIpc) is 2.26. The molecule has 0 unspecified atom stereocenters. The third-order valence-electron chi connectivity index (χ3n) is 2.81. The van der Waals surface area contributed by atoms with Gasteiger partial charge in [-0.15, -0.1) is 0 Å². The lowest BCUT2D eigenvalue weighted by molar-refractivity contribution is 0.0708. The van der Waals surface area contributed by atoms with Gasteiger partial charge in [-0.2, -0.15) is 0 Å². The minimum atomic E-state index is -0.162. The minimum absolute atomic E-state index is 0.100. The Labute approximate surface area is 99.7 Å². The molecule has 0 bridgehead atoms. The van der Waals surface area contributed by atoms with Crippen LogP contribution >= 0.6 is 0 Å². The fourth-order valence-corrected chi connectivity index (χ4v) is 2.02. The van der Waals surface area contributed by atoms with E-state index in [0.717, 1.165) is 6.54 Å². The molecule has 0 aromatic heterocycles. The number of amides is 1. The van der Waals surface area contributed by atoms with Crippen molar-refractivity contribution in [3.63, 3.8) is 0 Å². The fourth-order valence-electron chi connectivity index (χ4n) is 2.02. The molecule has 1 atom stereocenters. The number of hydrogen-bond acceptors (Lipinski definition) is 4. The van der Waals surface area contributed by atoms with Gasteiger partial charge in [0, 0.05) is 37.3 Å². The number of phenols is 2. The van der Waals surface area contributed by atoms with Crippen LogP contribution in [0.1, 0.15) is 17.3 Å². The largest absolute Gasteiger partial charge is 0.508 e. The number of aromatic hydroxyl groups is 2. The maximum Gasteiger partial charge on any atom is 0.254 e. The smallest absolute Gasteiger partial charge is 0.254 e. The van der Waals surface area contributed by atoms with Crippen LogP contribution in [0.25, 0.3) is 0 Å². The van der Waals surface area contributed by atoms with Gasteiger partial charge in [-0.1, -0.05) is 0 Å². The van der Waals surface area contributed by atoms with Gasteiger partial charge in [0.1, 0.15) is 11.5 Å². The Balaban J connectivity index is 2.18. The third kappa shape index (κ3) is 2.68. The number of nitrogens with one attached hydrogen (secondary N) is 1. The number of carbonyl (C=O) groups excluding carboxylic acids is 1. The first-order valence-electron chi connectivity index (χ1n) is 5.62. The van der Waals surface area contributed by atoms with E-state index in [9.17, 15) is 15.0 Å². The second kappa shape index (κ2) is 4.63. The van der Waals surface area contributed by atoms with E-state index in [0.29, 0.717) is 18.7 Å². The molecule has 0 radical (unpaired) electrons. The second-order valence-electron chi connectivity index (χ2n) is 4.34.